The van der Waals surface area contributed by atoms with Gasteiger partial charge < -0.3 is 14.6 Å². The number of carboxylic acid groups (broad SMARTS) is 1. The molecule has 0 spiro atoms. The molecule has 28 heavy (non-hydrogen) atoms. The number of carbonyl (C=O) groups excluding carboxylic acids is 1. The highest BCUT2D eigenvalue weighted by atomic mass is 32.1. The molecule has 2 aromatic carbocycles. The Balaban J connectivity index is 1.76. The summed E-state index contributed by atoms with van der Waals surface area (Å²) in [6, 6.07) is 14.1. The van der Waals surface area contributed by atoms with Gasteiger partial charge in [0.15, 0.2) is 0 Å². The molecule has 0 radical (unpaired) electrons. The van der Waals surface area contributed by atoms with Crippen LogP contribution in [0.4, 0.5) is 0 Å². The van der Waals surface area contributed by atoms with E-state index in [1.807, 2.05) is 30.3 Å². The highest BCUT2D eigenvalue weighted by Gasteiger charge is 2.19. The van der Waals surface area contributed by atoms with Gasteiger partial charge in [0.1, 0.15) is 17.4 Å². The summed E-state index contributed by atoms with van der Waals surface area (Å²) >= 11 is 1.14. The molecule has 0 unspecified atom stereocenters. The average Bonchev–Trinajstić information content (AvgIpc) is 3.02. The van der Waals surface area contributed by atoms with E-state index in [2.05, 4.69) is 44.8 Å². The van der Waals surface area contributed by atoms with Gasteiger partial charge in [0.2, 0.25) is 0 Å². The zero-order chi connectivity index (χ0) is 20.5. The van der Waals surface area contributed by atoms with Crippen molar-refractivity contribution in [2.24, 2.45) is 0 Å². The second-order valence-corrected chi connectivity index (χ2v) is 8.96. The third-order valence-electron chi connectivity index (χ3n) is 4.52. The minimum atomic E-state index is -1.18. The molecular formula is C23H24NO3S-. The zero-order valence-electron chi connectivity index (χ0n) is 16.8. The first-order valence-corrected chi connectivity index (χ1v) is 9.99. The molecule has 0 aliphatic carbocycles. The maximum atomic E-state index is 11.1. The third kappa shape index (κ3) is 4.42. The highest BCUT2D eigenvalue weighted by molar-refractivity contribution is 7.17. The van der Waals surface area contributed by atoms with E-state index >= 15 is 0 Å². The molecule has 4 nitrogen and oxygen atoms in total. The van der Waals surface area contributed by atoms with Crippen LogP contribution < -0.4 is 9.84 Å². The minimum absolute atomic E-state index is 0.00458. The molecule has 0 atom stereocenters. The molecule has 0 amide bonds. The van der Waals surface area contributed by atoms with Crippen molar-refractivity contribution in [3.05, 3.63) is 69.7 Å². The Bertz CT molecular complexity index is 998. The van der Waals surface area contributed by atoms with Crippen LogP contribution in [-0.4, -0.2) is 11.0 Å². The summed E-state index contributed by atoms with van der Waals surface area (Å²) in [5.74, 6) is -0.282. The van der Waals surface area contributed by atoms with Gasteiger partial charge in [-0.05, 0) is 36.5 Å². The molecule has 0 bridgehead atoms. The lowest BCUT2D eigenvalue weighted by Gasteiger charge is -2.23. The Labute approximate surface area is 169 Å². The smallest absolute Gasteiger partial charge is 0.124 e. The largest absolute Gasteiger partial charge is 0.544 e. The number of ether oxygens (including phenoxy) is 1. The Kier molecular flexibility index (Phi) is 5.57. The number of aromatic carboxylic acids is 1. The Hall–Kier alpha value is -2.66. The van der Waals surface area contributed by atoms with Crippen molar-refractivity contribution in [1.82, 2.24) is 4.98 Å². The first-order valence-electron chi connectivity index (χ1n) is 9.17. The number of rotatable bonds is 5. The number of hydrogen-bond acceptors (Lipinski definition) is 5. The average molecular weight is 395 g/mol. The second kappa shape index (κ2) is 7.76. The van der Waals surface area contributed by atoms with E-state index < -0.39 is 5.97 Å². The van der Waals surface area contributed by atoms with E-state index in [-0.39, 0.29) is 10.3 Å². The number of aryl methyl sites for hydroxylation is 2. The fraction of sp³-hybridized carbons (Fsp3) is 0.304. The molecule has 0 N–H and O–H groups in total. The van der Waals surface area contributed by atoms with E-state index in [1.165, 1.54) is 11.1 Å². The molecule has 0 fully saturated rings. The number of carboxylic acids is 1. The molecule has 0 aliphatic rings. The van der Waals surface area contributed by atoms with Gasteiger partial charge in [0.05, 0.1) is 16.5 Å². The van der Waals surface area contributed by atoms with Crippen molar-refractivity contribution >= 4 is 17.3 Å². The predicted molar refractivity (Wildman–Crippen MR) is 111 cm³/mol. The minimum Gasteiger partial charge on any atom is -0.544 e. The third-order valence-corrected chi connectivity index (χ3v) is 5.71. The Morgan fingerprint density at radius 3 is 2.36 bits per heavy atom. The molecule has 0 saturated heterocycles. The number of aromatic nitrogens is 1. The van der Waals surface area contributed by atoms with Crippen LogP contribution in [0.5, 0.6) is 5.75 Å². The molecule has 3 rings (SSSR count). The summed E-state index contributed by atoms with van der Waals surface area (Å²) in [5.41, 5.74) is 4.83. The SMILES string of the molecule is Cc1ccc(OCc2ccc(-c3nc(C)c(C(=O)[O-])s3)cc2)c(C(C)(C)C)c1. The van der Waals surface area contributed by atoms with Crippen molar-refractivity contribution < 1.29 is 14.6 Å². The van der Waals surface area contributed by atoms with Crippen molar-refractivity contribution in [3.8, 4) is 16.3 Å². The van der Waals surface area contributed by atoms with Gasteiger partial charge in [-0.1, -0.05) is 62.7 Å². The highest BCUT2D eigenvalue weighted by Crippen LogP contribution is 2.33. The first kappa shape index (κ1) is 20.1. The topological polar surface area (TPSA) is 62.2 Å². The summed E-state index contributed by atoms with van der Waals surface area (Å²) in [7, 11) is 0. The van der Waals surface area contributed by atoms with Crippen molar-refractivity contribution in [2.75, 3.05) is 0 Å². The predicted octanol–water partition coefficient (Wildman–Crippen LogP) is 4.67. The van der Waals surface area contributed by atoms with Crippen LogP contribution in [0.3, 0.4) is 0 Å². The molecule has 0 aliphatic heterocycles. The molecule has 5 heteroatoms. The Morgan fingerprint density at radius 1 is 1.11 bits per heavy atom. The fourth-order valence-electron chi connectivity index (χ4n) is 2.97. The molecule has 1 aromatic heterocycles. The van der Waals surface area contributed by atoms with E-state index in [0.29, 0.717) is 17.3 Å². The lowest BCUT2D eigenvalue weighted by atomic mass is 9.85. The number of benzene rings is 2. The lowest BCUT2D eigenvalue weighted by Crippen LogP contribution is -2.21. The second-order valence-electron chi connectivity index (χ2n) is 7.96. The zero-order valence-corrected chi connectivity index (χ0v) is 17.6. The maximum Gasteiger partial charge on any atom is 0.124 e. The van der Waals surface area contributed by atoms with Gasteiger partial charge in [-0.15, -0.1) is 11.3 Å². The van der Waals surface area contributed by atoms with Crippen LogP contribution in [0.25, 0.3) is 10.6 Å². The van der Waals surface area contributed by atoms with E-state index in [1.54, 1.807) is 6.92 Å². The van der Waals surface area contributed by atoms with E-state index in [9.17, 15) is 9.90 Å². The Morgan fingerprint density at radius 2 is 1.79 bits per heavy atom. The van der Waals surface area contributed by atoms with Crippen molar-refractivity contribution in [2.45, 2.75) is 46.6 Å². The van der Waals surface area contributed by atoms with Crippen LogP contribution in [0.1, 0.15) is 52.8 Å². The molecule has 1 heterocycles. The monoisotopic (exact) mass is 394 g/mol. The quantitative estimate of drug-likeness (QED) is 0.631. The van der Waals surface area contributed by atoms with Crippen molar-refractivity contribution in [3.63, 3.8) is 0 Å². The normalized spacial score (nSPS) is 11.5. The van der Waals surface area contributed by atoms with E-state index in [0.717, 1.165) is 28.2 Å². The lowest BCUT2D eigenvalue weighted by molar-refractivity contribution is -0.254. The number of hydrogen-bond donors (Lipinski definition) is 0. The molecule has 146 valence electrons. The molecule has 3 aromatic rings. The van der Waals surface area contributed by atoms with Gasteiger partial charge >= 0.3 is 0 Å². The number of carbonyl (C=O) groups is 1. The number of nitrogens with zero attached hydrogens (tertiary/aromatic N) is 1. The van der Waals surface area contributed by atoms with Crippen LogP contribution in [-0.2, 0) is 12.0 Å². The van der Waals surface area contributed by atoms with Crippen LogP contribution in [0.2, 0.25) is 0 Å². The van der Waals surface area contributed by atoms with Crippen LogP contribution in [0, 0.1) is 13.8 Å². The van der Waals surface area contributed by atoms with Crippen LogP contribution in [0.15, 0.2) is 42.5 Å². The van der Waals surface area contributed by atoms with Gasteiger partial charge in [-0.25, -0.2) is 4.98 Å². The van der Waals surface area contributed by atoms with Crippen molar-refractivity contribution in [1.29, 1.82) is 0 Å². The van der Waals surface area contributed by atoms with Crippen LogP contribution >= 0.6 is 11.3 Å². The van der Waals surface area contributed by atoms with E-state index in [4.69, 9.17) is 4.74 Å². The summed E-state index contributed by atoms with van der Waals surface area (Å²) in [5, 5.41) is 11.8. The maximum absolute atomic E-state index is 11.1. The molecular weight excluding hydrogens is 370 g/mol. The van der Waals surface area contributed by atoms with Gasteiger partial charge in [-0.3, -0.25) is 0 Å². The summed E-state index contributed by atoms with van der Waals surface area (Å²) in [6.07, 6.45) is 0. The number of thiazole rings is 1. The summed E-state index contributed by atoms with van der Waals surface area (Å²) in [4.78, 5) is 15.6. The summed E-state index contributed by atoms with van der Waals surface area (Å²) < 4.78 is 6.11. The van der Waals surface area contributed by atoms with Gasteiger partial charge in [-0.2, -0.15) is 0 Å². The molecule has 0 saturated carbocycles. The standard InChI is InChI=1S/C23H25NO3S/c1-14-6-11-19(18(12-14)23(3,4)5)27-13-16-7-9-17(10-8-16)21-24-15(2)20(28-21)22(25)26/h6-12H,13H2,1-5H3,(H,25,26)/p-1. The first-order chi connectivity index (χ1) is 13.1. The van der Waals surface area contributed by atoms with Gasteiger partial charge in [0, 0.05) is 5.56 Å². The van der Waals surface area contributed by atoms with Gasteiger partial charge in [0.25, 0.3) is 0 Å². The fourth-order valence-corrected chi connectivity index (χ4v) is 3.88. The summed E-state index contributed by atoms with van der Waals surface area (Å²) in [6.45, 7) is 10.8.